The summed E-state index contributed by atoms with van der Waals surface area (Å²) in [5.74, 6) is 1.26. The Labute approximate surface area is 149 Å². The van der Waals surface area contributed by atoms with Gasteiger partial charge in [-0.2, -0.15) is 0 Å². The Balaban J connectivity index is 1.94. The topological polar surface area (TPSA) is 59.6 Å². The molecule has 134 valence electrons. The third kappa shape index (κ3) is 4.89. The molecular weight excluding hydrogens is 316 g/mol. The van der Waals surface area contributed by atoms with Crippen molar-refractivity contribution in [2.24, 2.45) is 0 Å². The lowest BCUT2D eigenvalue weighted by Gasteiger charge is -2.16. The van der Waals surface area contributed by atoms with Crippen LogP contribution in [-0.4, -0.2) is 26.2 Å². The van der Waals surface area contributed by atoms with E-state index in [4.69, 9.17) is 9.47 Å². The quantitative estimate of drug-likeness (QED) is 0.809. The monoisotopic (exact) mass is 342 g/mol. The van der Waals surface area contributed by atoms with E-state index in [0.29, 0.717) is 18.0 Å². The van der Waals surface area contributed by atoms with Crippen molar-refractivity contribution in [3.8, 4) is 11.5 Å². The van der Waals surface area contributed by atoms with Gasteiger partial charge in [0.05, 0.1) is 14.2 Å². The van der Waals surface area contributed by atoms with Crippen molar-refractivity contribution in [3.63, 3.8) is 0 Å². The molecule has 2 aromatic carbocycles. The van der Waals surface area contributed by atoms with Crippen LogP contribution < -0.4 is 20.1 Å². The first-order valence-electron chi connectivity index (χ1n) is 8.27. The van der Waals surface area contributed by atoms with Crippen molar-refractivity contribution in [2.45, 2.75) is 33.4 Å². The van der Waals surface area contributed by atoms with Crippen LogP contribution in [0.25, 0.3) is 0 Å². The fourth-order valence-corrected chi connectivity index (χ4v) is 2.48. The van der Waals surface area contributed by atoms with Crippen LogP contribution in [0.15, 0.2) is 36.4 Å². The Hall–Kier alpha value is -2.69. The first kappa shape index (κ1) is 18.6. The van der Waals surface area contributed by atoms with Gasteiger partial charge >= 0.3 is 0 Å². The van der Waals surface area contributed by atoms with E-state index in [1.54, 1.807) is 14.2 Å². The van der Waals surface area contributed by atoms with Gasteiger partial charge in [0, 0.05) is 12.2 Å². The first-order chi connectivity index (χ1) is 11.9. The minimum absolute atomic E-state index is 0.0620. The molecule has 25 heavy (non-hydrogen) atoms. The zero-order valence-corrected chi connectivity index (χ0v) is 15.5. The normalized spacial score (nSPS) is 11.6. The highest BCUT2D eigenvalue weighted by Gasteiger charge is 2.13. The van der Waals surface area contributed by atoms with Gasteiger partial charge in [0.15, 0.2) is 11.5 Å². The Morgan fingerprint density at radius 3 is 2.36 bits per heavy atom. The Bertz CT molecular complexity index is 744. The number of amides is 1. The van der Waals surface area contributed by atoms with Crippen LogP contribution in [-0.2, 0) is 11.3 Å². The number of benzene rings is 2. The molecule has 0 radical (unpaired) electrons. The molecule has 1 amide bonds. The summed E-state index contributed by atoms with van der Waals surface area (Å²) in [4.78, 5) is 12.3. The molecule has 0 bridgehead atoms. The van der Waals surface area contributed by atoms with Gasteiger partial charge < -0.3 is 20.1 Å². The first-order valence-corrected chi connectivity index (χ1v) is 8.27. The predicted octanol–water partition coefficient (Wildman–Crippen LogP) is 3.44. The van der Waals surface area contributed by atoms with Crippen LogP contribution in [0.1, 0.15) is 23.6 Å². The number of carbonyl (C=O) groups is 1. The molecule has 0 saturated heterocycles. The maximum atomic E-state index is 12.3. The van der Waals surface area contributed by atoms with Crippen molar-refractivity contribution in [1.29, 1.82) is 0 Å². The van der Waals surface area contributed by atoms with Crippen LogP contribution in [0.5, 0.6) is 11.5 Å². The molecule has 0 aromatic heterocycles. The smallest absolute Gasteiger partial charge is 0.242 e. The summed E-state index contributed by atoms with van der Waals surface area (Å²) >= 11 is 0. The molecule has 0 heterocycles. The van der Waals surface area contributed by atoms with E-state index in [2.05, 4.69) is 24.5 Å². The summed E-state index contributed by atoms with van der Waals surface area (Å²) in [6.45, 7) is 6.40. The average molecular weight is 342 g/mol. The molecule has 0 unspecified atom stereocenters. The molecule has 0 fully saturated rings. The van der Waals surface area contributed by atoms with Crippen LogP contribution in [0.4, 0.5) is 5.69 Å². The molecule has 0 aliphatic rings. The lowest BCUT2D eigenvalue weighted by Crippen LogP contribution is -2.37. The van der Waals surface area contributed by atoms with Crippen molar-refractivity contribution in [1.82, 2.24) is 5.32 Å². The highest BCUT2D eigenvalue weighted by atomic mass is 16.5. The Morgan fingerprint density at radius 2 is 1.72 bits per heavy atom. The molecule has 0 saturated carbocycles. The lowest BCUT2D eigenvalue weighted by atomic mass is 10.1. The second kappa shape index (κ2) is 8.42. The highest BCUT2D eigenvalue weighted by Crippen LogP contribution is 2.27. The van der Waals surface area contributed by atoms with E-state index in [9.17, 15) is 4.79 Å². The molecule has 2 aromatic rings. The van der Waals surface area contributed by atoms with Crippen molar-refractivity contribution >= 4 is 11.6 Å². The van der Waals surface area contributed by atoms with Gasteiger partial charge in [-0.3, -0.25) is 4.79 Å². The number of nitrogens with one attached hydrogen (secondary N) is 2. The number of ether oxygens (including phenoxy) is 2. The third-order valence-electron chi connectivity index (χ3n) is 4.20. The largest absolute Gasteiger partial charge is 0.493 e. The second-order valence-electron chi connectivity index (χ2n) is 6.07. The van der Waals surface area contributed by atoms with E-state index in [1.807, 2.05) is 43.3 Å². The van der Waals surface area contributed by atoms with E-state index >= 15 is 0 Å². The molecule has 0 spiro atoms. The molecule has 2 rings (SSSR count). The number of hydrogen-bond donors (Lipinski definition) is 2. The second-order valence-corrected chi connectivity index (χ2v) is 6.07. The van der Waals surface area contributed by atoms with Crippen LogP contribution in [0.3, 0.4) is 0 Å². The van der Waals surface area contributed by atoms with Gasteiger partial charge in [-0.05, 0) is 61.7 Å². The van der Waals surface area contributed by atoms with Crippen LogP contribution >= 0.6 is 0 Å². The summed E-state index contributed by atoms with van der Waals surface area (Å²) in [7, 11) is 3.19. The van der Waals surface area contributed by atoms with Crippen LogP contribution in [0.2, 0.25) is 0 Å². The molecule has 5 nitrogen and oxygen atoms in total. The highest BCUT2D eigenvalue weighted by molar-refractivity contribution is 5.84. The number of carbonyl (C=O) groups excluding carboxylic acids is 1. The van der Waals surface area contributed by atoms with Crippen LogP contribution in [0, 0.1) is 13.8 Å². The zero-order valence-electron chi connectivity index (χ0n) is 15.5. The summed E-state index contributed by atoms with van der Waals surface area (Å²) in [6, 6.07) is 11.3. The van der Waals surface area contributed by atoms with Crippen molar-refractivity contribution in [2.75, 3.05) is 19.5 Å². The predicted molar refractivity (Wildman–Crippen MR) is 100 cm³/mol. The van der Waals surface area contributed by atoms with Gasteiger partial charge in [-0.25, -0.2) is 0 Å². The van der Waals surface area contributed by atoms with E-state index in [1.165, 1.54) is 11.1 Å². The van der Waals surface area contributed by atoms with Gasteiger partial charge in [-0.15, -0.1) is 0 Å². The van der Waals surface area contributed by atoms with E-state index in [-0.39, 0.29) is 11.9 Å². The molecule has 1 atom stereocenters. The minimum atomic E-state index is -0.331. The number of aryl methyl sites for hydroxylation is 2. The summed E-state index contributed by atoms with van der Waals surface area (Å²) in [6.07, 6.45) is 0. The minimum Gasteiger partial charge on any atom is -0.493 e. The Morgan fingerprint density at radius 1 is 1.00 bits per heavy atom. The number of anilines is 1. The van der Waals surface area contributed by atoms with E-state index in [0.717, 1.165) is 11.3 Å². The van der Waals surface area contributed by atoms with E-state index < -0.39 is 0 Å². The van der Waals surface area contributed by atoms with Gasteiger partial charge in [0.2, 0.25) is 5.91 Å². The lowest BCUT2D eigenvalue weighted by molar-refractivity contribution is -0.121. The maximum Gasteiger partial charge on any atom is 0.242 e. The maximum absolute atomic E-state index is 12.3. The molecule has 0 aliphatic heterocycles. The summed E-state index contributed by atoms with van der Waals surface area (Å²) < 4.78 is 10.5. The zero-order chi connectivity index (χ0) is 18.4. The van der Waals surface area contributed by atoms with Gasteiger partial charge in [0.25, 0.3) is 0 Å². The molecule has 0 aliphatic carbocycles. The standard InChI is InChI=1S/C20H26N2O3/c1-13-6-8-17(10-14(13)2)22-15(3)20(23)21-12-16-7-9-18(24-4)19(11-16)25-5/h6-11,15,22H,12H2,1-5H3,(H,21,23)/t15-/m1/s1. The fraction of sp³-hybridized carbons (Fsp3) is 0.350. The summed E-state index contributed by atoms with van der Waals surface area (Å²) in [5, 5.41) is 6.17. The van der Waals surface area contributed by atoms with Crippen molar-refractivity contribution < 1.29 is 14.3 Å². The van der Waals surface area contributed by atoms with Crippen molar-refractivity contribution in [3.05, 3.63) is 53.1 Å². The molecular formula is C20H26N2O3. The SMILES string of the molecule is COc1ccc(CNC(=O)[C@@H](C)Nc2ccc(C)c(C)c2)cc1OC. The van der Waals surface area contributed by atoms with Gasteiger partial charge in [-0.1, -0.05) is 12.1 Å². The number of methoxy groups -OCH3 is 2. The fourth-order valence-electron chi connectivity index (χ4n) is 2.48. The Kier molecular flexibility index (Phi) is 6.28. The number of rotatable bonds is 7. The third-order valence-corrected chi connectivity index (χ3v) is 4.20. The van der Waals surface area contributed by atoms with Gasteiger partial charge in [0.1, 0.15) is 6.04 Å². The molecule has 2 N–H and O–H groups in total. The summed E-state index contributed by atoms with van der Waals surface area (Å²) in [5.41, 5.74) is 4.32. The average Bonchev–Trinajstić information content (AvgIpc) is 2.62. The molecule has 5 heteroatoms. The number of hydrogen-bond acceptors (Lipinski definition) is 4.